The standard InChI is InChI=1S/C7H15N3O/c8-7(11)5-9-4-6-2-1-3-10-6/h6,9-10H,1-5H2,(H2,8,11). The van der Waals surface area contributed by atoms with Crippen LogP contribution < -0.4 is 16.4 Å². The second-order valence-corrected chi connectivity index (χ2v) is 2.89. The highest BCUT2D eigenvalue weighted by Gasteiger charge is 2.12. The Balaban J connectivity index is 1.98. The first-order valence-corrected chi connectivity index (χ1v) is 4.01. The number of amides is 1. The lowest BCUT2D eigenvalue weighted by Gasteiger charge is -2.09. The Kier molecular flexibility index (Phi) is 3.32. The van der Waals surface area contributed by atoms with Crippen LogP contribution in [0.25, 0.3) is 0 Å². The number of nitrogens with two attached hydrogens (primary N) is 1. The maximum absolute atomic E-state index is 10.3. The summed E-state index contributed by atoms with van der Waals surface area (Å²) < 4.78 is 0. The molecule has 1 fully saturated rings. The Morgan fingerprint density at radius 3 is 3.09 bits per heavy atom. The molecule has 0 aromatic heterocycles. The molecule has 4 N–H and O–H groups in total. The van der Waals surface area contributed by atoms with E-state index >= 15 is 0 Å². The number of carbonyl (C=O) groups is 1. The highest BCUT2D eigenvalue weighted by molar-refractivity contribution is 5.75. The number of hydrogen-bond donors (Lipinski definition) is 3. The van der Waals surface area contributed by atoms with Gasteiger partial charge < -0.3 is 16.4 Å². The molecule has 11 heavy (non-hydrogen) atoms. The summed E-state index contributed by atoms with van der Waals surface area (Å²) >= 11 is 0. The van der Waals surface area contributed by atoms with Gasteiger partial charge in [-0.3, -0.25) is 4.79 Å². The quantitative estimate of drug-likeness (QED) is 0.481. The van der Waals surface area contributed by atoms with Gasteiger partial charge in [-0.2, -0.15) is 0 Å². The van der Waals surface area contributed by atoms with Crippen LogP contribution in [-0.4, -0.2) is 31.6 Å². The number of hydrogen-bond acceptors (Lipinski definition) is 3. The second kappa shape index (κ2) is 4.31. The van der Waals surface area contributed by atoms with Crippen LogP contribution in [0.1, 0.15) is 12.8 Å². The maximum Gasteiger partial charge on any atom is 0.231 e. The molecule has 1 saturated heterocycles. The van der Waals surface area contributed by atoms with Gasteiger partial charge in [-0.15, -0.1) is 0 Å². The largest absolute Gasteiger partial charge is 0.369 e. The van der Waals surface area contributed by atoms with Gasteiger partial charge >= 0.3 is 0 Å². The molecule has 64 valence electrons. The van der Waals surface area contributed by atoms with E-state index in [1.165, 1.54) is 12.8 Å². The summed E-state index contributed by atoms with van der Waals surface area (Å²) in [5, 5.41) is 6.31. The van der Waals surface area contributed by atoms with Gasteiger partial charge in [0.25, 0.3) is 0 Å². The second-order valence-electron chi connectivity index (χ2n) is 2.89. The zero-order valence-corrected chi connectivity index (χ0v) is 6.60. The van der Waals surface area contributed by atoms with E-state index in [-0.39, 0.29) is 12.5 Å². The molecule has 0 aromatic carbocycles. The summed E-state index contributed by atoms with van der Waals surface area (Å²) in [6, 6.07) is 0.536. The van der Waals surface area contributed by atoms with E-state index in [9.17, 15) is 4.79 Å². The number of rotatable bonds is 4. The molecule has 1 rings (SSSR count). The van der Waals surface area contributed by atoms with Crippen LogP contribution in [0.15, 0.2) is 0 Å². The molecule has 4 heteroatoms. The zero-order chi connectivity index (χ0) is 8.10. The fraction of sp³-hybridized carbons (Fsp3) is 0.857. The number of carbonyl (C=O) groups excluding carboxylic acids is 1. The van der Waals surface area contributed by atoms with Crippen molar-refractivity contribution in [2.24, 2.45) is 5.73 Å². The van der Waals surface area contributed by atoms with Gasteiger partial charge in [-0.1, -0.05) is 0 Å². The zero-order valence-electron chi connectivity index (χ0n) is 6.60. The Morgan fingerprint density at radius 1 is 1.73 bits per heavy atom. The van der Waals surface area contributed by atoms with Crippen molar-refractivity contribution in [1.82, 2.24) is 10.6 Å². The van der Waals surface area contributed by atoms with Crippen LogP contribution in [0.2, 0.25) is 0 Å². The van der Waals surface area contributed by atoms with E-state index < -0.39 is 0 Å². The maximum atomic E-state index is 10.3. The smallest absolute Gasteiger partial charge is 0.231 e. The molecule has 1 unspecified atom stereocenters. The van der Waals surface area contributed by atoms with Crippen LogP contribution in [0.5, 0.6) is 0 Å². The van der Waals surface area contributed by atoms with Crippen molar-refractivity contribution in [3.8, 4) is 0 Å². The predicted octanol–water partition coefficient (Wildman–Crippen LogP) is -1.19. The van der Waals surface area contributed by atoms with Gasteiger partial charge in [0.1, 0.15) is 0 Å². The van der Waals surface area contributed by atoms with Gasteiger partial charge in [0.2, 0.25) is 5.91 Å². The average molecular weight is 157 g/mol. The molecule has 1 amide bonds. The van der Waals surface area contributed by atoms with E-state index in [0.29, 0.717) is 6.04 Å². The summed E-state index contributed by atoms with van der Waals surface area (Å²) in [4.78, 5) is 10.3. The molecular formula is C7H15N3O. The first kappa shape index (κ1) is 8.49. The fourth-order valence-electron chi connectivity index (χ4n) is 1.30. The van der Waals surface area contributed by atoms with Gasteiger partial charge in [0, 0.05) is 12.6 Å². The molecule has 1 aliphatic heterocycles. The highest BCUT2D eigenvalue weighted by atomic mass is 16.1. The van der Waals surface area contributed by atoms with Crippen molar-refractivity contribution in [3.63, 3.8) is 0 Å². The summed E-state index contributed by atoms with van der Waals surface area (Å²) in [7, 11) is 0. The average Bonchev–Trinajstić information content (AvgIpc) is 2.39. The lowest BCUT2D eigenvalue weighted by Crippen LogP contribution is -2.38. The molecule has 1 atom stereocenters. The Morgan fingerprint density at radius 2 is 2.55 bits per heavy atom. The summed E-state index contributed by atoms with van der Waals surface area (Å²) in [6.07, 6.45) is 2.44. The van der Waals surface area contributed by atoms with Gasteiger partial charge in [0.15, 0.2) is 0 Å². The Hall–Kier alpha value is -0.610. The third-order valence-electron chi connectivity index (χ3n) is 1.85. The summed E-state index contributed by atoms with van der Waals surface area (Å²) in [6.45, 7) is 2.24. The predicted molar refractivity (Wildman–Crippen MR) is 43.1 cm³/mol. The molecule has 0 bridgehead atoms. The summed E-state index contributed by atoms with van der Waals surface area (Å²) in [5.74, 6) is -0.289. The molecule has 0 saturated carbocycles. The van der Waals surface area contributed by atoms with Crippen LogP contribution >= 0.6 is 0 Å². The van der Waals surface area contributed by atoms with Crippen LogP contribution in [0, 0.1) is 0 Å². The molecule has 0 radical (unpaired) electrons. The summed E-state index contributed by atoms with van der Waals surface area (Å²) in [5.41, 5.74) is 4.96. The first-order valence-electron chi connectivity index (χ1n) is 4.01. The van der Waals surface area contributed by atoms with E-state index in [2.05, 4.69) is 10.6 Å². The minimum absolute atomic E-state index is 0.289. The molecule has 0 aliphatic carbocycles. The molecule has 1 heterocycles. The van der Waals surface area contributed by atoms with E-state index in [1.807, 2.05) is 0 Å². The van der Waals surface area contributed by atoms with Crippen LogP contribution in [0.4, 0.5) is 0 Å². The molecule has 4 nitrogen and oxygen atoms in total. The van der Waals surface area contributed by atoms with Crippen molar-refractivity contribution < 1.29 is 4.79 Å². The monoisotopic (exact) mass is 157 g/mol. The Labute approximate surface area is 66.5 Å². The Bertz CT molecular complexity index is 132. The molecule has 0 aromatic rings. The van der Waals surface area contributed by atoms with Crippen molar-refractivity contribution in [2.45, 2.75) is 18.9 Å². The van der Waals surface area contributed by atoms with Gasteiger partial charge in [0.05, 0.1) is 6.54 Å². The molecule has 1 aliphatic rings. The van der Waals surface area contributed by atoms with Crippen LogP contribution in [0.3, 0.4) is 0 Å². The minimum Gasteiger partial charge on any atom is -0.369 e. The van der Waals surface area contributed by atoms with Crippen molar-refractivity contribution in [1.29, 1.82) is 0 Å². The van der Waals surface area contributed by atoms with Crippen molar-refractivity contribution >= 4 is 5.91 Å². The lowest BCUT2D eigenvalue weighted by molar-refractivity contribution is -0.117. The number of primary amides is 1. The van der Waals surface area contributed by atoms with E-state index in [0.717, 1.165) is 13.1 Å². The number of nitrogens with one attached hydrogen (secondary N) is 2. The van der Waals surface area contributed by atoms with Gasteiger partial charge in [-0.05, 0) is 19.4 Å². The SMILES string of the molecule is NC(=O)CNCC1CCCN1. The molecular weight excluding hydrogens is 142 g/mol. The first-order chi connectivity index (χ1) is 5.29. The topological polar surface area (TPSA) is 67.2 Å². The van der Waals surface area contributed by atoms with Gasteiger partial charge in [-0.25, -0.2) is 0 Å². The normalized spacial score (nSPS) is 23.8. The molecule has 0 spiro atoms. The van der Waals surface area contributed by atoms with E-state index in [4.69, 9.17) is 5.73 Å². The highest BCUT2D eigenvalue weighted by Crippen LogP contribution is 2.02. The van der Waals surface area contributed by atoms with Crippen LogP contribution in [-0.2, 0) is 4.79 Å². The fourth-order valence-corrected chi connectivity index (χ4v) is 1.30. The van der Waals surface area contributed by atoms with Crippen molar-refractivity contribution in [2.75, 3.05) is 19.6 Å². The van der Waals surface area contributed by atoms with E-state index in [1.54, 1.807) is 0 Å². The third-order valence-corrected chi connectivity index (χ3v) is 1.85. The minimum atomic E-state index is -0.289. The third kappa shape index (κ3) is 3.34. The lowest BCUT2D eigenvalue weighted by atomic mass is 10.2. The van der Waals surface area contributed by atoms with Crippen molar-refractivity contribution in [3.05, 3.63) is 0 Å².